The molecule has 0 aromatic carbocycles. The summed E-state index contributed by atoms with van der Waals surface area (Å²) in [6, 6.07) is 0. The molecule has 2 nitrogen and oxygen atoms in total. The van der Waals surface area contributed by atoms with E-state index in [0.717, 1.165) is 25.3 Å². The van der Waals surface area contributed by atoms with Gasteiger partial charge in [0, 0.05) is 17.2 Å². The first-order valence-electron chi connectivity index (χ1n) is 5.72. The molecule has 0 saturated heterocycles. The molecule has 0 aliphatic carbocycles. The molecule has 0 aromatic rings. The van der Waals surface area contributed by atoms with Crippen molar-refractivity contribution in [3.8, 4) is 0 Å². The molecule has 0 saturated carbocycles. The smallest absolute Gasteiger partial charge is 0.216 e. The van der Waals surface area contributed by atoms with E-state index in [1.165, 1.54) is 5.57 Å². The zero-order valence-corrected chi connectivity index (χ0v) is 9.79. The molecule has 2 aliphatic rings. The molecule has 0 spiro atoms. The fourth-order valence-electron chi connectivity index (χ4n) is 1.77. The summed E-state index contributed by atoms with van der Waals surface area (Å²) >= 11 is 0. The maximum atomic E-state index is 5.57. The van der Waals surface area contributed by atoms with Crippen LogP contribution in [-0.2, 0) is 4.74 Å². The second kappa shape index (κ2) is 3.84. The summed E-state index contributed by atoms with van der Waals surface area (Å²) in [6.45, 7) is 7.47. The Bertz CT molecular complexity index is 310. The Morgan fingerprint density at radius 1 is 1.47 bits per heavy atom. The van der Waals surface area contributed by atoms with E-state index in [-0.39, 0.29) is 5.41 Å². The summed E-state index contributed by atoms with van der Waals surface area (Å²) in [4.78, 5) is 4.49. The van der Waals surface area contributed by atoms with Crippen molar-refractivity contribution in [1.29, 1.82) is 0 Å². The van der Waals surface area contributed by atoms with Gasteiger partial charge in [0.2, 0.25) is 5.88 Å². The molecule has 0 N–H and O–H groups in total. The minimum absolute atomic E-state index is 0.0562. The van der Waals surface area contributed by atoms with Crippen LogP contribution in [0.25, 0.3) is 0 Å². The van der Waals surface area contributed by atoms with Crippen molar-refractivity contribution in [2.75, 3.05) is 6.61 Å². The van der Waals surface area contributed by atoms with Gasteiger partial charge in [0.05, 0.1) is 6.61 Å². The second-order valence-corrected chi connectivity index (χ2v) is 4.89. The summed E-state index contributed by atoms with van der Waals surface area (Å²) in [7, 11) is 0. The van der Waals surface area contributed by atoms with Gasteiger partial charge in [-0.2, -0.15) is 0 Å². The van der Waals surface area contributed by atoms with E-state index in [9.17, 15) is 0 Å². The lowest BCUT2D eigenvalue weighted by atomic mass is 9.80. The molecular weight excluding hydrogens is 186 g/mol. The average Bonchev–Trinajstić information content (AvgIpc) is 2.40. The van der Waals surface area contributed by atoms with Crippen molar-refractivity contribution in [2.45, 2.75) is 33.6 Å². The van der Waals surface area contributed by atoms with Crippen molar-refractivity contribution < 1.29 is 4.74 Å². The number of hydrogen-bond acceptors (Lipinski definition) is 2. The maximum absolute atomic E-state index is 5.57. The van der Waals surface area contributed by atoms with Gasteiger partial charge in [0.1, 0.15) is 0 Å². The molecule has 0 bridgehead atoms. The van der Waals surface area contributed by atoms with Crippen molar-refractivity contribution in [3.05, 3.63) is 23.6 Å². The van der Waals surface area contributed by atoms with E-state index in [1.54, 1.807) is 0 Å². The van der Waals surface area contributed by atoms with E-state index in [1.807, 2.05) is 6.21 Å². The Morgan fingerprint density at radius 3 is 3.00 bits per heavy atom. The van der Waals surface area contributed by atoms with Gasteiger partial charge in [-0.1, -0.05) is 32.9 Å². The summed E-state index contributed by atoms with van der Waals surface area (Å²) < 4.78 is 5.57. The molecule has 2 heteroatoms. The Hall–Kier alpha value is -1.05. The van der Waals surface area contributed by atoms with Crippen LogP contribution >= 0.6 is 0 Å². The number of hydrogen-bond donors (Lipinski definition) is 0. The number of rotatable bonds is 1. The molecule has 1 atom stereocenters. The molecule has 2 rings (SSSR count). The number of aliphatic imine (C=N–C) groups is 1. The molecule has 15 heavy (non-hydrogen) atoms. The largest absolute Gasteiger partial charge is 0.477 e. The van der Waals surface area contributed by atoms with E-state index < -0.39 is 0 Å². The molecule has 0 fully saturated rings. The lowest BCUT2D eigenvalue weighted by Gasteiger charge is -2.24. The highest BCUT2D eigenvalue weighted by Crippen LogP contribution is 2.32. The van der Waals surface area contributed by atoms with Crippen LogP contribution in [0.2, 0.25) is 0 Å². The first-order chi connectivity index (χ1) is 7.12. The lowest BCUT2D eigenvalue weighted by Crippen LogP contribution is -2.22. The van der Waals surface area contributed by atoms with Gasteiger partial charge in [-0.15, -0.1) is 0 Å². The zero-order valence-electron chi connectivity index (χ0n) is 9.79. The molecule has 2 heterocycles. The fraction of sp³-hybridized carbons (Fsp3) is 0.615. The quantitative estimate of drug-likeness (QED) is 0.643. The maximum Gasteiger partial charge on any atom is 0.216 e. The van der Waals surface area contributed by atoms with Crippen LogP contribution in [0.1, 0.15) is 33.6 Å². The van der Waals surface area contributed by atoms with Crippen LogP contribution in [0, 0.1) is 11.3 Å². The molecule has 0 radical (unpaired) electrons. The Labute approximate surface area is 91.7 Å². The summed E-state index contributed by atoms with van der Waals surface area (Å²) in [5, 5.41) is 0. The molecule has 82 valence electrons. The predicted molar refractivity (Wildman–Crippen MR) is 62.8 cm³/mol. The van der Waals surface area contributed by atoms with Crippen LogP contribution in [0.5, 0.6) is 0 Å². The highest BCUT2D eigenvalue weighted by Gasteiger charge is 2.26. The third-order valence-corrected chi connectivity index (χ3v) is 3.45. The topological polar surface area (TPSA) is 21.6 Å². The van der Waals surface area contributed by atoms with Crippen LogP contribution < -0.4 is 0 Å². The van der Waals surface area contributed by atoms with Crippen LogP contribution in [0.15, 0.2) is 28.6 Å². The number of ether oxygens (including phenoxy) is 1. The van der Waals surface area contributed by atoms with Gasteiger partial charge in [-0.25, -0.2) is 4.99 Å². The normalized spacial score (nSPS) is 30.1. The van der Waals surface area contributed by atoms with E-state index in [0.29, 0.717) is 5.92 Å². The predicted octanol–water partition coefficient (Wildman–Crippen LogP) is 3.31. The van der Waals surface area contributed by atoms with Gasteiger partial charge < -0.3 is 4.74 Å². The van der Waals surface area contributed by atoms with Crippen molar-refractivity contribution in [1.82, 2.24) is 0 Å². The SMILES string of the molecule is CC(C)C1(C)C=CC2=C(N=C1)OCCC2. The lowest BCUT2D eigenvalue weighted by molar-refractivity contribution is 0.187. The van der Waals surface area contributed by atoms with E-state index >= 15 is 0 Å². The van der Waals surface area contributed by atoms with Gasteiger partial charge in [-0.3, -0.25) is 0 Å². The minimum atomic E-state index is 0.0562. The Balaban J connectivity index is 2.30. The van der Waals surface area contributed by atoms with Crippen molar-refractivity contribution in [2.24, 2.45) is 16.3 Å². The highest BCUT2D eigenvalue weighted by molar-refractivity contribution is 5.71. The Morgan fingerprint density at radius 2 is 2.27 bits per heavy atom. The van der Waals surface area contributed by atoms with Gasteiger partial charge >= 0.3 is 0 Å². The molecule has 1 unspecified atom stereocenters. The first-order valence-corrected chi connectivity index (χ1v) is 5.72. The fourth-order valence-corrected chi connectivity index (χ4v) is 1.77. The van der Waals surface area contributed by atoms with Crippen molar-refractivity contribution in [3.63, 3.8) is 0 Å². The van der Waals surface area contributed by atoms with E-state index in [4.69, 9.17) is 4.74 Å². The van der Waals surface area contributed by atoms with Gasteiger partial charge in [0.25, 0.3) is 0 Å². The number of nitrogens with zero attached hydrogens (tertiary/aromatic N) is 1. The molecule has 0 amide bonds. The number of allylic oxidation sites excluding steroid dienone is 3. The Kier molecular flexibility index (Phi) is 2.68. The average molecular weight is 205 g/mol. The van der Waals surface area contributed by atoms with Gasteiger partial charge in [-0.05, 0) is 18.8 Å². The molecule has 2 aliphatic heterocycles. The summed E-state index contributed by atoms with van der Waals surface area (Å²) in [5.74, 6) is 1.39. The first kappa shape index (κ1) is 10.5. The standard InChI is InChI=1S/C13H19NO/c1-10(2)13(3)7-6-11-5-4-8-15-12(11)14-9-13/h6-7,9-10H,4-5,8H2,1-3H3. The third-order valence-electron chi connectivity index (χ3n) is 3.45. The highest BCUT2D eigenvalue weighted by atomic mass is 16.5. The minimum Gasteiger partial charge on any atom is -0.477 e. The van der Waals surface area contributed by atoms with Gasteiger partial charge in [0.15, 0.2) is 0 Å². The van der Waals surface area contributed by atoms with E-state index in [2.05, 4.69) is 37.9 Å². The molecular formula is C13H19NO. The zero-order chi connectivity index (χ0) is 10.9. The summed E-state index contributed by atoms with van der Waals surface area (Å²) in [6.07, 6.45) is 8.69. The van der Waals surface area contributed by atoms with Crippen LogP contribution in [-0.4, -0.2) is 12.8 Å². The third kappa shape index (κ3) is 1.99. The van der Waals surface area contributed by atoms with Crippen molar-refractivity contribution >= 4 is 6.21 Å². The van der Waals surface area contributed by atoms with Crippen LogP contribution in [0.3, 0.4) is 0 Å². The second-order valence-electron chi connectivity index (χ2n) is 4.89. The summed E-state index contributed by atoms with van der Waals surface area (Å²) in [5.41, 5.74) is 1.31. The monoisotopic (exact) mass is 205 g/mol. The molecule has 0 aromatic heterocycles. The van der Waals surface area contributed by atoms with Crippen LogP contribution in [0.4, 0.5) is 0 Å².